The lowest BCUT2D eigenvalue weighted by Crippen LogP contribution is -1.95. The van der Waals surface area contributed by atoms with Gasteiger partial charge in [0.2, 0.25) is 0 Å². The summed E-state index contributed by atoms with van der Waals surface area (Å²) in [6.45, 7) is 0. The molecule has 3 aromatic rings. The second kappa shape index (κ2) is 4.85. The smallest absolute Gasteiger partial charge is 0.150 e. The normalized spacial score (nSPS) is 10.7. The number of methoxy groups -OCH3 is 2. The Morgan fingerprint density at radius 1 is 0.800 bits per heavy atom. The van der Waals surface area contributed by atoms with E-state index in [4.69, 9.17) is 9.47 Å². The maximum Gasteiger partial charge on any atom is 0.150 e. The van der Waals surface area contributed by atoms with Crippen LogP contribution in [0.4, 0.5) is 0 Å². The molecule has 3 rings (SSSR count). The summed E-state index contributed by atoms with van der Waals surface area (Å²) in [6.07, 6.45) is 0.846. The fourth-order valence-corrected chi connectivity index (χ4v) is 2.70. The highest BCUT2D eigenvalue weighted by Crippen LogP contribution is 2.43. The first-order chi connectivity index (χ1) is 9.81. The van der Waals surface area contributed by atoms with E-state index in [1.165, 1.54) is 0 Å². The van der Waals surface area contributed by atoms with Gasteiger partial charge in [-0.2, -0.15) is 0 Å². The highest BCUT2D eigenvalue weighted by atomic mass is 16.5. The molecule has 20 heavy (non-hydrogen) atoms. The minimum atomic E-state index is 0.600. The number of carbonyl (C=O) groups is 1. The molecule has 3 nitrogen and oxygen atoms in total. The first kappa shape index (κ1) is 12.5. The van der Waals surface area contributed by atoms with Gasteiger partial charge in [0.1, 0.15) is 11.5 Å². The summed E-state index contributed by atoms with van der Waals surface area (Å²) < 4.78 is 11.1. The summed E-state index contributed by atoms with van der Waals surface area (Å²) in [5.74, 6) is 1.47. The third-order valence-corrected chi connectivity index (χ3v) is 3.52. The Kier molecular flexibility index (Phi) is 3.03. The summed E-state index contributed by atoms with van der Waals surface area (Å²) in [7, 11) is 3.26. The van der Waals surface area contributed by atoms with Crippen LogP contribution in [0.1, 0.15) is 10.4 Å². The van der Waals surface area contributed by atoms with Crippen LogP contribution in [0.15, 0.2) is 42.5 Å². The topological polar surface area (TPSA) is 35.5 Å². The van der Waals surface area contributed by atoms with Gasteiger partial charge in [-0.15, -0.1) is 0 Å². The van der Waals surface area contributed by atoms with Crippen molar-refractivity contribution in [1.29, 1.82) is 0 Å². The summed E-state index contributed by atoms with van der Waals surface area (Å²) in [5.41, 5.74) is 0.600. The zero-order valence-corrected chi connectivity index (χ0v) is 11.3. The Bertz CT molecular complexity index is 806. The largest absolute Gasteiger partial charge is 0.495 e. The molecule has 0 heterocycles. The van der Waals surface area contributed by atoms with Crippen LogP contribution >= 0.6 is 0 Å². The van der Waals surface area contributed by atoms with Crippen molar-refractivity contribution in [2.75, 3.05) is 14.2 Å². The van der Waals surface area contributed by atoms with Crippen LogP contribution < -0.4 is 9.47 Å². The number of hydrogen-bond acceptors (Lipinski definition) is 3. The predicted molar refractivity (Wildman–Crippen MR) is 79.9 cm³/mol. The molecule has 100 valence electrons. The summed E-state index contributed by atoms with van der Waals surface area (Å²) in [4.78, 5) is 11.3. The van der Waals surface area contributed by atoms with Crippen LogP contribution in [0.3, 0.4) is 0 Å². The van der Waals surface area contributed by atoms with Gasteiger partial charge in [0.15, 0.2) is 6.29 Å². The Hall–Kier alpha value is -2.55. The molecule has 0 radical (unpaired) electrons. The quantitative estimate of drug-likeness (QED) is 0.534. The number of benzene rings is 3. The van der Waals surface area contributed by atoms with E-state index < -0.39 is 0 Å². The van der Waals surface area contributed by atoms with Crippen molar-refractivity contribution >= 4 is 27.8 Å². The highest BCUT2D eigenvalue weighted by Gasteiger charge is 2.16. The number of rotatable bonds is 3. The van der Waals surface area contributed by atoms with E-state index in [0.717, 1.165) is 33.6 Å². The maximum atomic E-state index is 11.3. The molecule has 3 heteroatoms. The molecule has 0 bridgehead atoms. The molecule has 0 N–H and O–H groups in total. The molecule has 0 unspecified atom stereocenters. The van der Waals surface area contributed by atoms with Crippen LogP contribution in [0.2, 0.25) is 0 Å². The van der Waals surface area contributed by atoms with Gasteiger partial charge in [-0.05, 0) is 0 Å². The maximum absolute atomic E-state index is 11.3. The van der Waals surface area contributed by atoms with Gasteiger partial charge in [-0.3, -0.25) is 4.79 Å². The fraction of sp³-hybridized carbons (Fsp3) is 0.118. The van der Waals surface area contributed by atoms with E-state index >= 15 is 0 Å². The van der Waals surface area contributed by atoms with E-state index in [-0.39, 0.29) is 0 Å². The molecular weight excluding hydrogens is 252 g/mol. The van der Waals surface area contributed by atoms with Gasteiger partial charge < -0.3 is 9.47 Å². The van der Waals surface area contributed by atoms with Gasteiger partial charge >= 0.3 is 0 Å². The van der Waals surface area contributed by atoms with Gasteiger partial charge in [-0.1, -0.05) is 42.5 Å². The third kappa shape index (κ3) is 1.63. The van der Waals surface area contributed by atoms with E-state index in [1.54, 1.807) is 20.3 Å². The average molecular weight is 266 g/mol. The molecule has 0 saturated carbocycles. The molecule has 0 aromatic heterocycles. The van der Waals surface area contributed by atoms with Crippen molar-refractivity contribution in [3.63, 3.8) is 0 Å². The Morgan fingerprint density at radius 2 is 1.40 bits per heavy atom. The second-order valence-corrected chi connectivity index (χ2v) is 4.50. The lowest BCUT2D eigenvalue weighted by atomic mass is 9.97. The zero-order valence-electron chi connectivity index (χ0n) is 11.3. The molecule has 0 atom stereocenters. The average Bonchev–Trinajstić information content (AvgIpc) is 2.51. The van der Waals surface area contributed by atoms with Crippen molar-refractivity contribution in [2.45, 2.75) is 0 Å². The van der Waals surface area contributed by atoms with Crippen LogP contribution in [0.5, 0.6) is 11.5 Å². The highest BCUT2D eigenvalue weighted by molar-refractivity contribution is 6.15. The standard InChI is InChI=1S/C17H14O3/c1-19-16-12-7-3-4-8-13(12)17(20-2)15-11(10-18)6-5-9-14(15)16/h3-10H,1-2H3. The molecule has 0 spiro atoms. The number of fused-ring (bicyclic) bond motifs is 2. The third-order valence-electron chi connectivity index (χ3n) is 3.52. The van der Waals surface area contributed by atoms with Gasteiger partial charge in [-0.25, -0.2) is 0 Å². The van der Waals surface area contributed by atoms with E-state index in [0.29, 0.717) is 11.3 Å². The van der Waals surface area contributed by atoms with Gasteiger partial charge in [0, 0.05) is 27.1 Å². The first-order valence-electron chi connectivity index (χ1n) is 6.32. The van der Waals surface area contributed by atoms with Crippen molar-refractivity contribution < 1.29 is 14.3 Å². The SMILES string of the molecule is COc1c2ccccc2c(OC)c2c(C=O)cccc12. The predicted octanol–water partition coefficient (Wildman–Crippen LogP) is 3.82. The van der Waals surface area contributed by atoms with Crippen LogP contribution in [0.25, 0.3) is 21.5 Å². The van der Waals surface area contributed by atoms with Crippen molar-refractivity contribution in [3.8, 4) is 11.5 Å². The molecule has 0 amide bonds. The number of ether oxygens (including phenoxy) is 2. The lowest BCUT2D eigenvalue weighted by molar-refractivity contribution is 0.112. The Balaban J connectivity index is 2.65. The molecule has 0 aliphatic carbocycles. The minimum absolute atomic E-state index is 0.600. The number of aldehydes is 1. The first-order valence-corrected chi connectivity index (χ1v) is 6.32. The second-order valence-electron chi connectivity index (χ2n) is 4.50. The zero-order chi connectivity index (χ0) is 14.1. The van der Waals surface area contributed by atoms with Crippen molar-refractivity contribution in [1.82, 2.24) is 0 Å². The fourth-order valence-electron chi connectivity index (χ4n) is 2.70. The molecule has 0 aliphatic rings. The van der Waals surface area contributed by atoms with E-state index in [2.05, 4.69) is 0 Å². The molecule has 3 aromatic carbocycles. The number of carbonyl (C=O) groups excluding carboxylic acids is 1. The van der Waals surface area contributed by atoms with E-state index in [1.807, 2.05) is 36.4 Å². The minimum Gasteiger partial charge on any atom is -0.495 e. The van der Waals surface area contributed by atoms with Crippen LogP contribution in [-0.2, 0) is 0 Å². The number of hydrogen-bond donors (Lipinski definition) is 0. The molecule has 0 aliphatic heterocycles. The van der Waals surface area contributed by atoms with Gasteiger partial charge in [0.05, 0.1) is 14.2 Å². The summed E-state index contributed by atoms with van der Waals surface area (Å²) in [6, 6.07) is 13.4. The van der Waals surface area contributed by atoms with Crippen LogP contribution in [-0.4, -0.2) is 20.5 Å². The molecule has 0 fully saturated rings. The van der Waals surface area contributed by atoms with Crippen molar-refractivity contribution in [3.05, 3.63) is 48.0 Å². The van der Waals surface area contributed by atoms with Crippen LogP contribution in [0, 0.1) is 0 Å². The lowest BCUT2D eigenvalue weighted by Gasteiger charge is -2.15. The Labute approximate surface area is 116 Å². The summed E-state index contributed by atoms with van der Waals surface area (Å²) >= 11 is 0. The monoisotopic (exact) mass is 266 g/mol. The summed E-state index contributed by atoms with van der Waals surface area (Å²) in [5, 5.41) is 3.59. The molecule has 0 saturated heterocycles. The Morgan fingerprint density at radius 3 is 2.00 bits per heavy atom. The molecular formula is C17H14O3. The van der Waals surface area contributed by atoms with Crippen molar-refractivity contribution in [2.24, 2.45) is 0 Å². The van der Waals surface area contributed by atoms with E-state index in [9.17, 15) is 4.79 Å². The van der Waals surface area contributed by atoms with Gasteiger partial charge in [0.25, 0.3) is 0 Å².